The quantitative estimate of drug-likeness (QED) is 0.446. The molecule has 5 N–H and O–H groups in total. The summed E-state index contributed by atoms with van der Waals surface area (Å²) in [6.07, 6.45) is 1.01. The molecule has 2 aromatic heterocycles. The molecule has 1 saturated carbocycles. The monoisotopic (exact) mass is 365 g/mol. The van der Waals surface area contributed by atoms with Crippen LogP contribution in [0, 0.1) is 5.92 Å². The van der Waals surface area contributed by atoms with Crippen molar-refractivity contribution in [1.29, 1.82) is 0 Å². The van der Waals surface area contributed by atoms with Crippen LogP contribution in [-0.4, -0.2) is 70.6 Å². The molecular weight excluding hydrogens is 342 g/mol. The first-order valence-electron chi connectivity index (χ1n) is 8.75. The molecule has 10 heteroatoms. The fraction of sp³-hybridized carbons (Fsp3) is 0.688. The topological polar surface area (TPSA) is 146 Å². The first-order chi connectivity index (χ1) is 12.4. The summed E-state index contributed by atoms with van der Waals surface area (Å²) in [7, 11) is 0. The molecule has 3 heterocycles. The van der Waals surface area contributed by atoms with Gasteiger partial charge < -0.3 is 30.5 Å². The minimum absolute atomic E-state index is 0.0787. The first-order valence-corrected chi connectivity index (χ1v) is 8.75. The molecule has 0 bridgehead atoms. The molecule has 0 amide bonds. The van der Waals surface area contributed by atoms with Crippen molar-refractivity contribution in [2.45, 2.75) is 56.5 Å². The zero-order valence-electron chi connectivity index (χ0n) is 14.4. The summed E-state index contributed by atoms with van der Waals surface area (Å²) in [4.78, 5) is 12.7. The summed E-state index contributed by atoms with van der Waals surface area (Å²) < 4.78 is 7.03. The van der Waals surface area contributed by atoms with Crippen molar-refractivity contribution < 1.29 is 25.2 Å². The summed E-state index contributed by atoms with van der Waals surface area (Å²) in [5, 5.41) is 43.3. The van der Waals surface area contributed by atoms with Gasteiger partial charge in [0, 0.05) is 5.92 Å². The zero-order chi connectivity index (χ0) is 18.5. The molecule has 142 valence electrons. The summed E-state index contributed by atoms with van der Waals surface area (Å²) in [5.41, 5.74) is -0.226. The number of aliphatic hydroxyl groups is 4. The Morgan fingerprint density at radius 1 is 1.31 bits per heavy atom. The Bertz CT molecular complexity index is 800. The highest BCUT2D eigenvalue weighted by atomic mass is 16.6. The molecule has 4 rings (SSSR count). The normalized spacial score (nSPS) is 37.5. The van der Waals surface area contributed by atoms with Gasteiger partial charge in [0.2, 0.25) is 0 Å². The van der Waals surface area contributed by atoms with Gasteiger partial charge in [0.15, 0.2) is 23.2 Å². The third-order valence-electron chi connectivity index (χ3n) is 5.50. The Morgan fingerprint density at radius 3 is 2.77 bits per heavy atom. The summed E-state index contributed by atoms with van der Waals surface area (Å²) in [6, 6.07) is 0. The number of nitrogens with one attached hydrogen (secondary N) is 1. The Morgan fingerprint density at radius 2 is 2.12 bits per heavy atom. The molecule has 0 spiro atoms. The number of rotatable bonds is 4. The second-order valence-electron chi connectivity index (χ2n) is 7.12. The number of aliphatic hydroxyl groups excluding tert-OH is 3. The number of imidazole rings is 1. The van der Waals surface area contributed by atoms with E-state index in [1.807, 2.05) is 6.92 Å². The maximum absolute atomic E-state index is 10.8. The predicted molar refractivity (Wildman–Crippen MR) is 89.9 cm³/mol. The largest absolute Gasteiger partial charge is 0.394 e. The van der Waals surface area contributed by atoms with E-state index < -0.39 is 36.9 Å². The molecule has 0 aromatic carbocycles. The van der Waals surface area contributed by atoms with Crippen LogP contribution in [0.2, 0.25) is 0 Å². The van der Waals surface area contributed by atoms with Gasteiger partial charge in [0.05, 0.1) is 12.9 Å². The van der Waals surface area contributed by atoms with E-state index in [0.717, 1.165) is 12.8 Å². The van der Waals surface area contributed by atoms with Crippen LogP contribution < -0.4 is 5.32 Å². The fourth-order valence-corrected chi connectivity index (χ4v) is 3.79. The number of hydrogen-bond donors (Lipinski definition) is 5. The summed E-state index contributed by atoms with van der Waals surface area (Å²) >= 11 is 0. The molecule has 2 aromatic rings. The Kier molecular flexibility index (Phi) is 4.32. The highest BCUT2D eigenvalue weighted by molar-refractivity contribution is 5.83. The van der Waals surface area contributed by atoms with E-state index in [9.17, 15) is 20.4 Å². The SMILES string of the molecule is C[C@H]1CCC[C@@]1(O)Nc1ncnc2c1ncn2[C@@H]1O[C@H](CO)[C@@H](O)[C@H]1O. The van der Waals surface area contributed by atoms with Gasteiger partial charge in [0.25, 0.3) is 0 Å². The lowest BCUT2D eigenvalue weighted by molar-refractivity contribution is -0.0511. The highest BCUT2D eigenvalue weighted by Crippen LogP contribution is 2.37. The molecule has 1 aliphatic heterocycles. The Labute approximate surface area is 149 Å². The van der Waals surface area contributed by atoms with Gasteiger partial charge in [-0.05, 0) is 19.3 Å². The van der Waals surface area contributed by atoms with E-state index in [1.54, 1.807) is 0 Å². The molecule has 26 heavy (non-hydrogen) atoms. The number of nitrogens with zero attached hydrogens (tertiary/aromatic N) is 4. The van der Waals surface area contributed by atoms with Gasteiger partial charge in [-0.15, -0.1) is 0 Å². The Hall–Kier alpha value is -1.85. The second kappa shape index (κ2) is 6.39. The molecule has 0 unspecified atom stereocenters. The molecule has 6 atom stereocenters. The number of ether oxygens (including phenoxy) is 1. The smallest absolute Gasteiger partial charge is 0.167 e. The zero-order valence-corrected chi connectivity index (χ0v) is 14.4. The molecule has 10 nitrogen and oxygen atoms in total. The third-order valence-corrected chi connectivity index (χ3v) is 5.50. The summed E-state index contributed by atoms with van der Waals surface area (Å²) in [5.74, 6) is 0.479. The van der Waals surface area contributed by atoms with E-state index in [2.05, 4.69) is 20.3 Å². The van der Waals surface area contributed by atoms with Crippen molar-refractivity contribution in [3.63, 3.8) is 0 Å². The number of anilines is 1. The van der Waals surface area contributed by atoms with Crippen LogP contribution in [0.5, 0.6) is 0 Å². The molecule has 2 fully saturated rings. The Balaban J connectivity index is 1.68. The molecule has 1 aliphatic carbocycles. The van der Waals surface area contributed by atoms with Crippen LogP contribution in [-0.2, 0) is 4.74 Å². The van der Waals surface area contributed by atoms with Crippen LogP contribution in [0.25, 0.3) is 11.2 Å². The minimum atomic E-state index is -1.23. The average Bonchev–Trinajstić information content (AvgIpc) is 3.27. The van der Waals surface area contributed by atoms with Gasteiger partial charge in [-0.3, -0.25) is 4.57 Å². The summed E-state index contributed by atoms with van der Waals surface area (Å²) in [6.45, 7) is 1.57. The van der Waals surface area contributed by atoms with E-state index in [1.165, 1.54) is 17.2 Å². The lowest BCUT2D eigenvalue weighted by atomic mass is 10.0. The van der Waals surface area contributed by atoms with Crippen LogP contribution in [0.15, 0.2) is 12.7 Å². The van der Waals surface area contributed by atoms with Gasteiger partial charge in [-0.1, -0.05) is 6.92 Å². The van der Waals surface area contributed by atoms with Crippen LogP contribution in [0.1, 0.15) is 32.4 Å². The molecular formula is C16H23N5O5. The van der Waals surface area contributed by atoms with E-state index >= 15 is 0 Å². The average molecular weight is 365 g/mol. The van der Waals surface area contributed by atoms with E-state index in [0.29, 0.717) is 23.4 Å². The second-order valence-corrected chi connectivity index (χ2v) is 7.12. The fourth-order valence-electron chi connectivity index (χ4n) is 3.79. The van der Waals surface area contributed by atoms with Crippen LogP contribution in [0.4, 0.5) is 5.82 Å². The molecule has 2 aliphatic rings. The first kappa shape index (κ1) is 17.6. The number of hydrogen-bond acceptors (Lipinski definition) is 9. The maximum Gasteiger partial charge on any atom is 0.167 e. The minimum Gasteiger partial charge on any atom is -0.394 e. The van der Waals surface area contributed by atoms with Crippen molar-refractivity contribution in [1.82, 2.24) is 19.5 Å². The van der Waals surface area contributed by atoms with Crippen molar-refractivity contribution in [3.05, 3.63) is 12.7 Å². The lowest BCUT2D eigenvalue weighted by Crippen LogP contribution is -2.40. The van der Waals surface area contributed by atoms with Crippen molar-refractivity contribution in [3.8, 4) is 0 Å². The van der Waals surface area contributed by atoms with Gasteiger partial charge >= 0.3 is 0 Å². The number of fused-ring (bicyclic) bond motifs is 1. The van der Waals surface area contributed by atoms with Gasteiger partial charge in [-0.25, -0.2) is 15.0 Å². The third kappa shape index (κ3) is 2.65. The highest BCUT2D eigenvalue weighted by Gasteiger charge is 2.44. The number of aromatic nitrogens is 4. The maximum atomic E-state index is 10.8. The van der Waals surface area contributed by atoms with Gasteiger partial charge in [-0.2, -0.15) is 0 Å². The standard InChI is InChI=1S/C16H23N5O5/c1-8-3-2-4-16(8,25)20-13-10-14(18-6-17-13)21(7-19-10)15-12(24)11(23)9(5-22)26-15/h6-9,11-12,15,22-25H,2-5H2,1H3,(H,17,18,20)/t8-,9+,11+,12+,15+,16-/m0/s1. The molecule has 0 radical (unpaired) electrons. The van der Waals surface area contributed by atoms with E-state index in [4.69, 9.17) is 4.74 Å². The predicted octanol–water partition coefficient (Wildman–Crippen LogP) is -0.642. The molecule has 1 saturated heterocycles. The van der Waals surface area contributed by atoms with Crippen LogP contribution in [0.3, 0.4) is 0 Å². The van der Waals surface area contributed by atoms with Crippen molar-refractivity contribution >= 4 is 17.0 Å². The van der Waals surface area contributed by atoms with Crippen LogP contribution >= 0.6 is 0 Å². The van der Waals surface area contributed by atoms with E-state index in [-0.39, 0.29) is 5.92 Å². The van der Waals surface area contributed by atoms with Crippen molar-refractivity contribution in [2.24, 2.45) is 5.92 Å². The van der Waals surface area contributed by atoms with Crippen molar-refractivity contribution in [2.75, 3.05) is 11.9 Å². The van der Waals surface area contributed by atoms with Gasteiger partial charge in [0.1, 0.15) is 30.4 Å². The lowest BCUT2D eigenvalue weighted by Gasteiger charge is -2.29.